The van der Waals surface area contributed by atoms with E-state index in [2.05, 4.69) is 0 Å². The lowest BCUT2D eigenvalue weighted by Crippen LogP contribution is -2.52. The van der Waals surface area contributed by atoms with Crippen molar-refractivity contribution in [3.05, 3.63) is 0 Å². The summed E-state index contributed by atoms with van der Waals surface area (Å²) in [5.74, 6) is 0.302. The van der Waals surface area contributed by atoms with Crippen LogP contribution in [-0.2, 0) is 4.74 Å². The van der Waals surface area contributed by atoms with E-state index < -0.39 is 0 Å². The molecule has 2 unspecified atom stereocenters. The average Bonchev–Trinajstić information content (AvgIpc) is 2.18. The third-order valence-electron chi connectivity index (χ3n) is 3.07. The summed E-state index contributed by atoms with van der Waals surface area (Å²) in [7, 11) is 0. The molecule has 1 amide bonds. The van der Waals surface area contributed by atoms with Crippen LogP contribution >= 0.6 is 12.2 Å². The summed E-state index contributed by atoms with van der Waals surface area (Å²) >= 11 is 5.33. The van der Waals surface area contributed by atoms with E-state index >= 15 is 0 Å². The molecule has 0 aromatic rings. The quantitative estimate of drug-likeness (QED) is 0.626. The minimum atomic E-state index is -0.249. The standard InChI is InChI=1S/C10H15NO2S/c1-2-11-9(14)7-5-3-4-6-8(7)13-10(11)12/h7-8H,2-6H2,1H3. The number of thiocarbonyl (C=S) groups is 1. The van der Waals surface area contributed by atoms with Crippen molar-refractivity contribution in [2.75, 3.05) is 6.54 Å². The third kappa shape index (κ3) is 1.52. The predicted octanol–water partition coefficient (Wildman–Crippen LogP) is 2.34. The van der Waals surface area contributed by atoms with Crippen LogP contribution in [0.25, 0.3) is 0 Å². The fourth-order valence-corrected chi connectivity index (χ4v) is 2.76. The largest absolute Gasteiger partial charge is 0.445 e. The van der Waals surface area contributed by atoms with Gasteiger partial charge in [0.25, 0.3) is 0 Å². The van der Waals surface area contributed by atoms with Gasteiger partial charge in [-0.3, -0.25) is 4.90 Å². The van der Waals surface area contributed by atoms with E-state index in [1.807, 2.05) is 6.92 Å². The van der Waals surface area contributed by atoms with Crippen LogP contribution in [0.2, 0.25) is 0 Å². The third-order valence-corrected chi connectivity index (χ3v) is 3.60. The first-order valence-electron chi connectivity index (χ1n) is 5.26. The Balaban J connectivity index is 2.16. The summed E-state index contributed by atoms with van der Waals surface area (Å²) in [6, 6.07) is 0. The topological polar surface area (TPSA) is 29.5 Å². The van der Waals surface area contributed by atoms with Crippen molar-refractivity contribution in [1.82, 2.24) is 4.90 Å². The van der Waals surface area contributed by atoms with E-state index in [-0.39, 0.29) is 12.2 Å². The summed E-state index contributed by atoms with van der Waals surface area (Å²) in [4.78, 5) is 13.9. The van der Waals surface area contributed by atoms with Crippen LogP contribution in [0, 0.1) is 5.92 Å². The maximum Gasteiger partial charge on any atom is 0.414 e. The highest BCUT2D eigenvalue weighted by Gasteiger charge is 2.40. The lowest BCUT2D eigenvalue weighted by atomic mass is 9.85. The molecule has 2 aliphatic rings. The second-order valence-electron chi connectivity index (χ2n) is 3.90. The number of carbonyl (C=O) groups is 1. The summed E-state index contributed by atoms with van der Waals surface area (Å²) in [6.45, 7) is 2.55. The Morgan fingerprint density at radius 1 is 1.50 bits per heavy atom. The summed E-state index contributed by atoms with van der Waals surface area (Å²) in [5.41, 5.74) is 0. The minimum absolute atomic E-state index is 0.0616. The zero-order valence-corrected chi connectivity index (χ0v) is 9.18. The Labute approximate surface area is 89.4 Å². The van der Waals surface area contributed by atoms with E-state index in [4.69, 9.17) is 17.0 Å². The molecule has 2 atom stereocenters. The van der Waals surface area contributed by atoms with Gasteiger partial charge in [-0.25, -0.2) is 4.79 Å². The molecule has 0 spiro atoms. The summed E-state index contributed by atoms with van der Waals surface area (Å²) in [5, 5.41) is 0. The molecule has 1 saturated heterocycles. The SMILES string of the molecule is CCN1C(=O)OC2CCCCC2C1=S. The van der Waals surface area contributed by atoms with Crippen LogP contribution in [-0.4, -0.2) is 28.6 Å². The molecule has 0 aromatic carbocycles. The number of carbonyl (C=O) groups excluding carboxylic acids is 1. The molecule has 2 rings (SSSR count). The van der Waals surface area contributed by atoms with Gasteiger partial charge >= 0.3 is 6.09 Å². The predicted molar refractivity (Wildman–Crippen MR) is 57.2 cm³/mol. The molecule has 4 heteroatoms. The highest BCUT2D eigenvalue weighted by atomic mass is 32.1. The van der Waals surface area contributed by atoms with Crippen LogP contribution in [0.1, 0.15) is 32.6 Å². The van der Waals surface area contributed by atoms with Crippen LogP contribution in [0.4, 0.5) is 4.79 Å². The highest BCUT2D eigenvalue weighted by molar-refractivity contribution is 7.80. The summed E-state index contributed by atoms with van der Waals surface area (Å²) < 4.78 is 5.36. The Hall–Kier alpha value is -0.640. The van der Waals surface area contributed by atoms with Crippen molar-refractivity contribution in [2.24, 2.45) is 5.92 Å². The van der Waals surface area contributed by atoms with E-state index in [1.54, 1.807) is 4.90 Å². The van der Waals surface area contributed by atoms with Crippen molar-refractivity contribution in [3.8, 4) is 0 Å². The van der Waals surface area contributed by atoms with Crippen molar-refractivity contribution < 1.29 is 9.53 Å². The van der Waals surface area contributed by atoms with Gasteiger partial charge in [-0.1, -0.05) is 18.6 Å². The van der Waals surface area contributed by atoms with Crippen LogP contribution in [0.15, 0.2) is 0 Å². The molecule has 0 radical (unpaired) electrons. The van der Waals surface area contributed by atoms with Gasteiger partial charge in [0.1, 0.15) is 6.10 Å². The molecule has 14 heavy (non-hydrogen) atoms. The van der Waals surface area contributed by atoms with E-state index in [0.717, 1.165) is 24.3 Å². The van der Waals surface area contributed by atoms with E-state index in [9.17, 15) is 4.79 Å². The molecule has 0 bridgehead atoms. The smallest absolute Gasteiger partial charge is 0.414 e. The minimum Gasteiger partial charge on any atom is -0.445 e. The first-order valence-corrected chi connectivity index (χ1v) is 5.67. The highest BCUT2D eigenvalue weighted by Crippen LogP contribution is 2.32. The lowest BCUT2D eigenvalue weighted by Gasteiger charge is -2.40. The van der Waals surface area contributed by atoms with Crippen molar-refractivity contribution in [2.45, 2.75) is 38.7 Å². The van der Waals surface area contributed by atoms with Crippen molar-refractivity contribution in [1.29, 1.82) is 0 Å². The number of hydrogen-bond acceptors (Lipinski definition) is 3. The zero-order valence-electron chi connectivity index (χ0n) is 8.36. The van der Waals surface area contributed by atoms with Gasteiger partial charge in [0.2, 0.25) is 0 Å². The molecule has 1 saturated carbocycles. The first kappa shape index (κ1) is 9.90. The van der Waals surface area contributed by atoms with Crippen LogP contribution in [0.3, 0.4) is 0 Å². The molecule has 1 aliphatic carbocycles. The lowest BCUT2D eigenvalue weighted by molar-refractivity contribution is 0.0233. The van der Waals surface area contributed by atoms with Gasteiger partial charge in [-0.15, -0.1) is 0 Å². The number of amides is 1. The summed E-state index contributed by atoms with van der Waals surface area (Å²) in [6.07, 6.45) is 4.23. The second kappa shape index (κ2) is 3.85. The molecule has 1 heterocycles. The number of nitrogens with zero attached hydrogens (tertiary/aromatic N) is 1. The average molecular weight is 213 g/mol. The van der Waals surface area contributed by atoms with Gasteiger partial charge in [-0.2, -0.15) is 0 Å². The number of hydrogen-bond donors (Lipinski definition) is 0. The molecular weight excluding hydrogens is 198 g/mol. The molecule has 3 nitrogen and oxygen atoms in total. The molecule has 0 N–H and O–H groups in total. The monoisotopic (exact) mass is 213 g/mol. The van der Waals surface area contributed by atoms with E-state index in [0.29, 0.717) is 12.5 Å². The zero-order chi connectivity index (χ0) is 10.1. The first-order chi connectivity index (χ1) is 6.74. The van der Waals surface area contributed by atoms with E-state index in [1.165, 1.54) is 6.42 Å². The van der Waals surface area contributed by atoms with Gasteiger partial charge in [0, 0.05) is 12.5 Å². The Kier molecular flexibility index (Phi) is 2.72. The maximum absolute atomic E-state index is 11.5. The molecular formula is C10H15NO2S. The fourth-order valence-electron chi connectivity index (χ4n) is 2.29. The molecule has 0 aromatic heterocycles. The number of rotatable bonds is 1. The Bertz CT molecular complexity index is 267. The van der Waals surface area contributed by atoms with Gasteiger partial charge in [0.05, 0.1) is 4.99 Å². The molecule has 1 aliphatic heterocycles. The van der Waals surface area contributed by atoms with Gasteiger partial charge in [0.15, 0.2) is 0 Å². The Morgan fingerprint density at radius 2 is 2.21 bits per heavy atom. The normalized spacial score (nSPS) is 32.5. The van der Waals surface area contributed by atoms with Crippen molar-refractivity contribution >= 4 is 23.3 Å². The number of ether oxygens (including phenoxy) is 1. The Morgan fingerprint density at radius 3 is 2.93 bits per heavy atom. The fraction of sp³-hybridized carbons (Fsp3) is 0.800. The molecule has 78 valence electrons. The molecule has 2 fully saturated rings. The van der Waals surface area contributed by atoms with Crippen LogP contribution in [0.5, 0.6) is 0 Å². The van der Waals surface area contributed by atoms with Crippen LogP contribution < -0.4 is 0 Å². The van der Waals surface area contributed by atoms with Gasteiger partial charge < -0.3 is 4.74 Å². The van der Waals surface area contributed by atoms with Crippen molar-refractivity contribution in [3.63, 3.8) is 0 Å². The second-order valence-corrected chi connectivity index (χ2v) is 4.31. The number of fused-ring (bicyclic) bond motifs is 1. The maximum atomic E-state index is 11.5. The van der Waals surface area contributed by atoms with Gasteiger partial charge in [-0.05, 0) is 26.2 Å².